The molecule has 0 aliphatic rings. The minimum absolute atomic E-state index is 0.0277. The van der Waals surface area contributed by atoms with E-state index < -0.39 is 10.8 Å². The Labute approximate surface area is 106 Å². The van der Waals surface area contributed by atoms with Crippen molar-refractivity contribution in [2.45, 2.75) is 25.1 Å². The van der Waals surface area contributed by atoms with Crippen molar-refractivity contribution in [3.63, 3.8) is 0 Å². The number of rotatable bonds is 5. The van der Waals surface area contributed by atoms with Gasteiger partial charge in [-0.3, -0.25) is 4.21 Å². The number of nitrogens with two attached hydrogens (primary N) is 1. The lowest BCUT2D eigenvalue weighted by atomic mass is 10.2. The molecule has 0 bridgehead atoms. The van der Waals surface area contributed by atoms with Crippen LogP contribution in [0.15, 0.2) is 22.7 Å². The van der Waals surface area contributed by atoms with Crippen LogP contribution in [-0.2, 0) is 16.6 Å². The third-order valence-corrected chi connectivity index (χ3v) is 4.43. The number of halogens is 2. The summed E-state index contributed by atoms with van der Waals surface area (Å²) in [6.45, 7) is 1.97. The van der Waals surface area contributed by atoms with E-state index >= 15 is 0 Å². The van der Waals surface area contributed by atoms with Crippen molar-refractivity contribution < 1.29 is 8.60 Å². The van der Waals surface area contributed by atoms with Crippen molar-refractivity contribution in [2.24, 2.45) is 5.73 Å². The molecule has 0 radical (unpaired) electrons. The summed E-state index contributed by atoms with van der Waals surface area (Å²) in [6, 6.07) is 4.37. The Bertz CT molecular complexity index is 386. The Balaban J connectivity index is 2.63. The summed E-state index contributed by atoms with van der Waals surface area (Å²) in [4.78, 5) is 0. The van der Waals surface area contributed by atoms with E-state index in [1.165, 1.54) is 12.1 Å². The highest BCUT2D eigenvalue weighted by atomic mass is 79.9. The van der Waals surface area contributed by atoms with Gasteiger partial charge in [0, 0.05) is 32.8 Å². The molecule has 0 heterocycles. The van der Waals surface area contributed by atoms with Gasteiger partial charge in [-0.1, -0.05) is 28.9 Å². The second kappa shape index (κ2) is 6.47. The van der Waals surface area contributed by atoms with Crippen LogP contribution in [0, 0.1) is 5.82 Å². The SMILES string of the molecule is CCC(N)CS(=O)Cc1ccc(F)cc1Br. The van der Waals surface area contributed by atoms with Crippen LogP contribution in [-0.4, -0.2) is 16.0 Å². The van der Waals surface area contributed by atoms with Gasteiger partial charge in [0.25, 0.3) is 0 Å². The van der Waals surface area contributed by atoms with E-state index in [2.05, 4.69) is 15.9 Å². The van der Waals surface area contributed by atoms with E-state index in [9.17, 15) is 8.60 Å². The first-order valence-electron chi connectivity index (χ1n) is 5.07. The molecule has 2 nitrogen and oxygen atoms in total. The quantitative estimate of drug-likeness (QED) is 0.908. The summed E-state index contributed by atoms with van der Waals surface area (Å²) in [5, 5.41) is 0. The van der Waals surface area contributed by atoms with E-state index in [0.717, 1.165) is 12.0 Å². The van der Waals surface area contributed by atoms with Gasteiger partial charge in [-0.25, -0.2) is 4.39 Å². The van der Waals surface area contributed by atoms with Crippen molar-refractivity contribution >= 4 is 26.7 Å². The summed E-state index contributed by atoms with van der Waals surface area (Å²) in [6.07, 6.45) is 0.816. The van der Waals surface area contributed by atoms with Crippen LogP contribution < -0.4 is 5.73 Å². The standard InChI is InChI=1S/C11H15BrFNOS/c1-2-10(14)7-16(15)6-8-3-4-9(13)5-11(8)12/h3-5,10H,2,6-7,14H2,1H3. The van der Waals surface area contributed by atoms with Crippen LogP contribution in [0.25, 0.3) is 0 Å². The topological polar surface area (TPSA) is 43.1 Å². The van der Waals surface area contributed by atoms with Crippen molar-refractivity contribution in [2.75, 3.05) is 5.75 Å². The van der Waals surface area contributed by atoms with Crippen LogP contribution in [0.4, 0.5) is 4.39 Å². The lowest BCUT2D eigenvalue weighted by Crippen LogP contribution is -2.26. The lowest BCUT2D eigenvalue weighted by molar-refractivity contribution is 0.626. The summed E-state index contributed by atoms with van der Waals surface area (Å²) < 4.78 is 25.2. The smallest absolute Gasteiger partial charge is 0.124 e. The van der Waals surface area contributed by atoms with Crippen molar-refractivity contribution in [3.8, 4) is 0 Å². The second-order valence-corrected chi connectivity index (χ2v) is 6.01. The monoisotopic (exact) mass is 307 g/mol. The van der Waals surface area contributed by atoms with Crippen LogP contribution in [0.5, 0.6) is 0 Å². The minimum atomic E-state index is -0.995. The molecule has 90 valence electrons. The highest BCUT2D eigenvalue weighted by molar-refractivity contribution is 9.10. The molecule has 0 spiro atoms. The first kappa shape index (κ1) is 13.8. The summed E-state index contributed by atoms with van der Waals surface area (Å²) >= 11 is 3.25. The maximum atomic E-state index is 12.8. The van der Waals surface area contributed by atoms with E-state index in [1.54, 1.807) is 6.07 Å². The van der Waals surface area contributed by atoms with Crippen LogP contribution >= 0.6 is 15.9 Å². The molecule has 0 fully saturated rings. The normalized spacial score (nSPS) is 14.8. The zero-order chi connectivity index (χ0) is 12.1. The zero-order valence-electron chi connectivity index (χ0n) is 9.08. The van der Waals surface area contributed by atoms with Crippen LogP contribution in [0.1, 0.15) is 18.9 Å². The van der Waals surface area contributed by atoms with E-state index in [1.807, 2.05) is 6.92 Å². The molecule has 1 rings (SSSR count). The van der Waals surface area contributed by atoms with Gasteiger partial charge in [-0.2, -0.15) is 0 Å². The average molecular weight is 308 g/mol. The molecule has 2 N–H and O–H groups in total. The Kier molecular flexibility index (Phi) is 5.58. The molecule has 0 saturated carbocycles. The molecule has 0 aromatic heterocycles. The molecular formula is C11H15BrFNOS. The molecule has 1 aromatic carbocycles. The molecular weight excluding hydrogens is 293 g/mol. The summed E-state index contributed by atoms with van der Waals surface area (Å²) in [5.74, 6) is 0.598. The number of hydrogen-bond donors (Lipinski definition) is 1. The summed E-state index contributed by atoms with van der Waals surface area (Å²) in [5.41, 5.74) is 6.57. The van der Waals surface area contributed by atoms with Gasteiger partial charge in [0.15, 0.2) is 0 Å². The molecule has 2 atom stereocenters. The van der Waals surface area contributed by atoms with E-state index in [-0.39, 0.29) is 11.9 Å². The Morgan fingerprint density at radius 1 is 1.56 bits per heavy atom. The fourth-order valence-corrected chi connectivity index (χ4v) is 3.33. The van der Waals surface area contributed by atoms with Crippen molar-refractivity contribution in [3.05, 3.63) is 34.1 Å². The highest BCUT2D eigenvalue weighted by Gasteiger charge is 2.09. The first-order valence-corrected chi connectivity index (χ1v) is 7.35. The molecule has 0 saturated heterocycles. The fraction of sp³-hybridized carbons (Fsp3) is 0.455. The molecule has 2 unspecified atom stereocenters. The molecule has 16 heavy (non-hydrogen) atoms. The van der Waals surface area contributed by atoms with Crippen LogP contribution in [0.2, 0.25) is 0 Å². The second-order valence-electron chi connectivity index (χ2n) is 3.65. The van der Waals surface area contributed by atoms with E-state index in [0.29, 0.717) is 16.0 Å². The maximum Gasteiger partial charge on any atom is 0.124 e. The van der Waals surface area contributed by atoms with Crippen LogP contribution in [0.3, 0.4) is 0 Å². The molecule has 1 aromatic rings. The number of benzene rings is 1. The zero-order valence-corrected chi connectivity index (χ0v) is 11.5. The van der Waals surface area contributed by atoms with Gasteiger partial charge >= 0.3 is 0 Å². The predicted octanol–water partition coefficient (Wildman–Crippen LogP) is 2.57. The average Bonchev–Trinajstić information content (AvgIpc) is 2.22. The highest BCUT2D eigenvalue weighted by Crippen LogP contribution is 2.19. The van der Waals surface area contributed by atoms with Gasteiger partial charge in [-0.15, -0.1) is 0 Å². The van der Waals surface area contributed by atoms with Gasteiger partial charge in [0.05, 0.1) is 0 Å². The summed E-state index contributed by atoms with van der Waals surface area (Å²) in [7, 11) is -0.995. The largest absolute Gasteiger partial charge is 0.327 e. The maximum absolute atomic E-state index is 12.8. The number of hydrogen-bond acceptors (Lipinski definition) is 2. The van der Waals surface area contributed by atoms with Gasteiger partial charge in [-0.05, 0) is 24.1 Å². The van der Waals surface area contributed by atoms with Gasteiger partial charge < -0.3 is 5.73 Å². The lowest BCUT2D eigenvalue weighted by Gasteiger charge is -2.09. The third kappa shape index (κ3) is 4.31. The minimum Gasteiger partial charge on any atom is -0.327 e. The Morgan fingerprint density at radius 3 is 2.81 bits per heavy atom. The molecule has 0 aliphatic heterocycles. The Hall–Kier alpha value is -0.260. The van der Waals surface area contributed by atoms with Crippen molar-refractivity contribution in [1.29, 1.82) is 0 Å². The fourth-order valence-electron chi connectivity index (χ4n) is 1.23. The Morgan fingerprint density at radius 2 is 2.25 bits per heavy atom. The van der Waals surface area contributed by atoms with Gasteiger partial charge in [0.2, 0.25) is 0 Å². The molecule has 5 heteroatoms. The molecule has 0 amide bonds. The van der Waals surface area contributed by atoms with Gasteiger partial charge in [0.1, 0.15) is 5.82 Å². The predicted molar refractivity (Wildman–Crippen MR) is 69.1 cm³/mol. The van der Waals surface area contributed by atoms with Crippen molar-refractivity contribution in [1.82, 2.24) is 0 Å². The third-order valence-electron chi connectivity index (χ3n) is 2.26. The first-order chi connectivity index (χ1) is 7.52. The molecule has 0 aliphatic carbocycles. The van der Waals surface area contributed by atoms with E-state index in [4.69, 9.17) is 5.73 Å².